The summed E-state index contributed by atoms with van der Waals surface area (Å²) < 4.78 is 0. The van der Waals surface area contributed by atoms with Crippen molar-refractivity contribution in [3.05, 3.63) is 60.3 Å². The molecule has 0 spiro atoms. The van der Waals surface area contributed by atoms with Crippen LogP contribution in [0.3, 0.4) is 0 Å². The molecule has 98 valence electrons. The van der Waals surface area contributed by atoms with Gasteiger partial charge in [0.15, 0.2) is 11.7 Å². The number of carboxylic acids is 1. The number of fused-ring (bicyclic) bond motifs is 1. The zero-order chi connectivity index (χ0) is 14.1. The minimum atomic E-state index is -1.22. The van der Waals surface area contributed by atoms with Gasteiger partial charge in [0, 0.05) is 12.3 Å². The third-order valence-electron chi connectivity index (χ3n) is 3.30. The maximum absolute atomic E-state index is 11.7. The number of aliphatic imine (C=N–C) groups is 1. The quantitative estimate of drug-likeness (QED) is 0.848. The molecule has 0 saturated heterocycles. The highest BCUT2D eigenvalue weighted by Gasteiger charge is 2.32. The molecule has 0 radical (unpaired) electrons. The maximum Gasteiger partial charge on any atom is 0.320 e. The molecule has 0 bridgehead atoms. The van der Waals surface area contributed by atoms with Crippen LogP contribution >= 0.6 is 0 Å². The molecule has 4 nitrogen and oxygen atoms in total. The van der Waals surface area contributed by atoms with Crippen molar-refractivity contribution in [1.82, 2.24) is 0 Å². The molecule has 1 unspecified atom stereocenters. The Morgan fingerprint density at radius 2 is 1.85 bits per heavy atom. The third kappa shape index (κ3) is 2.01. The summed E-state index contributed by atoms with van der Waals surface area (Å²) in [6.07, 6.45) is 2.55. The molecule has 0 saturated carbocycles. The van der Waals surface area contributed by atoms with Crippen LogP contribution in [0.1, 0.15) is 5.56 Å². The predicted octanol–water partition coefficient (Wildman–Crippen LogP) is 2.43. The Bertz CT molecular complexity index is 774. The number of carbonyl (C=O) groups excluding carboxylic acids is 1. The van der Waals surface area contributed by atoms with Crippen LogP contribution in [-0.4, -0.2) is 22.6 Å². The predicted molar refractivity (Wildman–Crippen MR) is 75.8 cm³/mol. The number of carboxylic acid groups (broad SMARTS) is 1. The summed E-state index contributed by atoms with van der Waals surface area (Å²) in [4.78, 5) is 27.1. The normalized spacial score (nSPS) is 18.1. The molecule has 0 aliphatic carbocycles. The fourth-order valence-corrected chi connectivity index (χ4v) is 2.33. The number of rotatable bonds is 2. The van der Waals surface area contributed by atoms with Crippen LogP contribution in [0.2, 0.25) is 0 Å². The molecule has 1 N–H and O–H groups in total. The van der Waals surface area contributed by atoms with Crippen molar-refractivity contribution in [2.75, 3.05) is 0 Å². The van der Waals surface area contributed by atoms with E-state index in [0.29, 0.717) is 5.56 Å². The van der Waals surface area contributed by atoms with Crippen LogP contribution < -0.4 is 0 Å². The molecule has 20 heavy (non-hydrogen) atoms. The van der Waals surface area contributed by atoms with E-state index in [1.165, 1.54) is 12.3 Å². The van der Waals surface area contributed by atoms with E-state index >= 15 is 0 Å². The second-order valence-corrected chi connectivity index (χ2v) is 4.57. The summed E-state index contributed by atoms with van der Waals surface area (Å²) in [7, 11) is 0. The molecule has 0 aromatic heterocycles. The maximum atomic E-state index is 11.7. The highest BCUT2D eigenvalue weighted by Crippen LogP contribution is 2.21. The Morgan fingerprint density at radius 1 is 1.10 bits per heavy atom. The Morgan fingerprint density at radius 3 is 2.60 bits per heavy atom. The average molecular weight is 265 g/mol. The Hall–Kier alpha value is -2.75. The van der Waals surface area contributed by atoms with E-state index in [1.54, 1.807) is 6.07 Å². The van der Waals surface area contributed by atoms with Gasteiger partial charge in [-0.1, -0.05) is 36.4 Å². The summed E-state index contributed by atoms with van der Waals surface area (Å²) in [5.41, 5.74) is 0.949. The van der Waals surface area contributed by atoms with Crippen molar-refractivity contribution in [3.63, 3.8) is 0 Å². The summed E-state index contributed by atoms with van der Waals surface area (Å²) in [5.74, 6) is -2.84. The van der Waals surface area contributed by atoms with Crippen molar-refractivity contribution in [1.29, 1.82) is 0 Å². The van der Waals surface area contributed by atoms with E-state index in [2.05, 4.69) is 4.99 Å². The molecule has 1 aliphatic heterocycles. The summed E-state index contributed by atoms with van der Waals surface area (Å²) in [5, 5.41) is 11.3. The lowest BCUT2D eigenvalue weighted by Crippen LogP contribution is -2.33. The van der Waals surface area contributed by atoms with E-state index in [-0.39, 0.29) is 5.71 Å². The molecule has 2 aromatic carbocycles. The van der Waals surface area contributed by atoms with Crippen molar-refractivity contribution < 1.29 is 14.7 Å². The summed E-state index contributed by atoms with van der Waals surface area (Å²) in [6.45, 7) is 0. The molecule has 3 rings (SSSR count). The van der Waals surface area contributed by atoms with Gasteiger partial charge < -0.3 is 5.11 Å². The number of ketones is 1. The molecule has 1 atom stereocenters. The molecule has 0 fully saturated rings. The van der Waals surface area contributed by atoms with Gasteiger partial charge in [-0.3, -0.25) is 14.6 Å². The van der Waals surface area contributed by atoms with E-state index in [4.69, 9.17) is 0 Å². The van der Waals surface area contributed by atoms with Gasteiger partial charge in [-0.15, -0.1) is 0 Å². The summed E-state index contributed by atoms with van der Waals surface area (Å²) in [6, 6.07) is 13.3. The minimum absolute atomic E-state index is 0.288. The molecular formula is C16H11NO3. The number of nitrogens with zero attached hydrogens (tertiary/aromatic N) is 1. The van der Waals surface area contributed by atoms with Gasteiger partial charge >= 0.3 is 5.97 Å². The molecule has 0 amide bonds. The second kappa shape index (κ2) is 4.74. The number of carbonyl (C=O) groups is 2. The molecular weight excluding hydrogens is 254 g/mol. The largest absolute Gasteiger partial charge is 0.480 e. The second-order valence-electron chi connectivity index (χ2n) is 4.57. The first kappa shape index (κ1) is 12.3. The molecule has 1 heterocycles. The molecule has 4 heteroatoms. The van der Waals surface area contributed by atoms with E-state index in [9.17, 15) is 14.7 Å². The van der Waals surface area contributed by atoms with Crippen LogP contribution in [0.15, 0.2) is 59.7 Å². The average Bonchev–Trinajstić information content (AvgIpc) is 2.46. The Balaban J connectivity index is 2.13. The number of benzene rings is 2. The smallest absolute Gasteiger partial charge is 0.320 e. The topological polar surface area (TPSA) is 66.7 Å². The fraction of sp³-hybridized carbons (Fsp3) is 0.0625. The van der Waals surface area contributed by atoms with E-state index in [0.717, 1.165) is 10.8 Å². The standard InChI is InChI=1S/C16H11NO3/c18-13-7-8-17-15(14(13)16(19)20)12-6-5-10-3-1-2-4-11(10)9-12/h1-9,14H,(H,19,20). The molecule has 2 aromatic rings. The van der Waals surface area contributed by atoms with Crippen molar-refractivity contribution >= 4 is 28.2 Å². The lowest BCUT2D eigenvalue weighted by atomic mass is 9.90. The van der Waals surface area contributed by atoms with Crippen LogP contribution in [-0.2, 0) is 9.59 Å². The first-order valence-electron chi connectivity index (χ1n) is 6.17. The Labute approximate surface area is 115 Å². The van der Waals surface area contributed by atoms with Gasteiger partial charge in [-0.25, -0.2) is 0 Å². The van der Waals surface area contributed by atoms with Crippen LogP contribution in [0.5, 0.6) is 0 Å². The van der Waals surface area contributed by atoms with Gasteiger partial charge in [0.1, 0.15) is 0 Å². The van der Waals surface area contributed by atoms with Gasteiger partial charge in [-0.2, -0.15) is 0 Å². The van der Waals surface area contributed by atoms with Crippen LogP contribution in [0.4, 0.5) is 0 Å². The van der Waals surface area contributed by atoms with E-state index < -0.39 is 17.7 Å². The number of hydrogen-bond acceptors (Lipinski definition) is 3. The van der Waals surface area contributed by atoms with Crippen molar-refractivity contribution in [2.24, 2.45) is 10.9 Å². The van der Waals surface area contributed by atoms with Gasteiger partial charge in [0.25, 0.3) is 0 Å². The Kier molecular flexibility index (Phi) is 2.91. The summed E-state index contributed by atoms with van der Waals surface area (Å²) >= 11 is 0. The molecule has 1 aliphatic rings. The minimum Gasteiger partial charge on any atom is -0.480 e. The zero-order valence-corrected chi connectivity index (χ0v) is 10.5. The first-order valence-corrected chi connectivity index (χ1v) is 6.17. The van der Waals surface area contributed by atoms with Crippen LogP contribution in [0, 0.1) is 5.92 Å². The SMILES string of the molecule is O=C(O)C1C(=O)C=CN=C1c1ccc2ccccc2c1. The highest BCUT2D eigenvalue weighted by molar-refractivity contribution is 6.28. The number of aliphatic carboxylic acids is 1. The zero-order valence-electron chi connectivity index (χ0n) is 10.5. The monoisotopic (exact) mass is 265 g/mol. The van der Waals surface area contributed by atoms with E-state index in [1.807, 2.05) is 36.4 Å². The number of allylic oxidation sites excluding steroid dienone is 1. The first-order chi connectivity index (χ1) is 9.66. The highest BCUT2D eigenvalue weighted by atomic mass is 16.4. The van der Waals surface area contributed by atoms with Gasteiger partial charge in [0.2, 0.25) is 0 Å². The van der Waals surface area contributed by atoms with Crippen molar-refractivity contribution in [3.8, 4) is 0 Å². The van der Waals surface area contributed by atoms with Crippen LogP contribution in [0.25, 0.3) is 10.8 Å². The van der Waals surface area contributed by atoms with Gasteiger partial charge in [-0.05, 0) is 22.4 Å². The lowest BCUT2D eigenvalue weighted by molar-refractivity contribution is -0.142. The lowest BCUT2D eigenvalue weighted by Gasteiger charge is -2.15. The van der Waals surface area contributed by atoms with Crippen molar-refractivity contribution in [2.45, 2.75) is 0 Å². The third-order valence-corrected chi connectivity index (χ3v) is 3.30. The number of hydrogen-bond donors (Lipinski definition) is 1. The van der Waals surface area contributed by atoms with Gasteiger partial charge in [0.05, 0.1) is 5.71 Å². The fourth-order valence-electron chi connectivity index (χ4n) is 2.33.